The molecule has 0 saturated heterocycles. The van der Waals surface area contributed by atoms with E-state index in [9.17, 15) is 4.79 Å². The second-order valence-corrected chi connectivity index (χ2v) is 2.67. The summed E-state index contributed by atoms with van der Waals surface area (Å²) in [4.78, 5) is 14.5. The predicted octanol–water partition coefficient (Wildman–Crippen LogP) is 0.418. The first-order valence-corrected chi connectivity index (χ1v) is 3.78. The molecule has 5 heteroatoms. The van der Waals surface area contributed by atoms with Crippen molar-refractivity contribution in [3.8, 4) is 5.82 Å². The van der Waals surface area contributed by atoms with Gasteiger partial charge in [-0.2, -0.15) is 5.10 Å². The molecule has 0 atom stereocenters. The van der Waals surface area contributed by atoms with Crippen LogP contribution in [0, 0.1) is 0 Å². The van der Waals surface area contributed by atoms with E-state index in [2.05, 4.69) is 10.1 Å². The zero-order valence-corrected chi connectivity index (χ0v) is 7.08. The third-order valence-electron chi connectivity index (χ3n) is 1.71. The quantitative estimate of drug-likeness (QED) is 0.623. The van der Waals surface area contributed by atoms with E-state index in [4.69, 9.17) is 0 Å². The summed E-state index contributed by atoms with van der Waals surface area (Å²) >= 11 is 0. The van der Waals surface area contributed by atoms with Gasteiger partial charge in [-0.15, -0.1) is 0 Å². The Morgan fingerprint density at radius 1 is 1.54 bits per heavy atom. The lowest BCUT2D eigenvalue weighted by Gasteiger charge is -1.95. The normalized spacial score (nSPS) is 10.2. The highest BCUT2D eigenvalue weighted by Crippen LogP contribution is 2.08. The number of aromatic nitrogens is 4. The number of carbonyl (C=O) groups excluding carboxylic acids is 1. The molecule has 0 unspecified atom stereocenters. The molecule has 0 amide bonds. The molecule has 2 aromatic heterocycles. The molecule has 0 saturated carbocycles. The predicted molar refractivity (Wildman–Crippen MR) is 45.7 cm³/mol. The summed E-state index contributed by atoms with van der Waals surface area (Å²) in [5.41, 5.74) is 0.556. The van der Waals surface area contributed by atoms with E-state index in [0.29, 0.717) is 11.4 Å². The van der Waals surface area contributed by atoms with Gasteiger partial charge in [0.05, 0.1) is 5.56 Å². The van der Waals surface area contributed by atoms with E-state index >= 15 is 0 Å². The monoisotopic (exact) mass is 176 g/mol. The molecular weight excluding hydrogens is 168 g/mol. The van der Waals surface area contributed by atoms with Crippen LogP contribution in [0.15, 0.2) is 24.9 Å². The highest BCUT2D eigenvalue weighted by molar-refractivity contribution is 5.79. The summed E-state index contributed by atoms with van der Waals surface area (Å²) in [6.07, 6.45) is 7.44. The maximum Gasteiger partial charge on any atom is 0.170 e. The molecule has 0 radical (unpaired) electrons. The standard InChI is InChI=1S/C8H8N4O/c1-11-4-7(5-13)8(10-11)12-3-2-9-6-12/h2-6H,1H3. The molecule has 2 aromatic rings. The molecule has 0 aromatic carbocycles. The Morgan fingerprint density at radius 2 is 2.38 bits per heavy atom. The summed E-state index contributed by atoms with van der Waals surface area (Å²) in [5.74, 6) is 0.606. The lowest BCUT2D eigenvalue weighted by atomic mass is 10.3. The van der Waals surface area contributed by atoms with Crippen LogP contribution in [0.1, 0.15) is 10.4 Å². The van der Waals surface area contributed by atoms with Gasteiger partial charge >= 0.3 is 0 Å². The van der Waals surface area contributed by atoms with Crippen LogP contribution in [0.4, 0.5) is 0 Å². The molecule has 2 rings (SSSR count). The second-order valence-electron chi connectivity index (χ2n) is 2.67. The molecular formula is C8H8N4O. The first-order chi connectivity index (χ1) is 6.31. The molecule has 0 aliphatic carbocycles. The van der Waals surface area contributed by atoms with E-state index in [1.165, 1.54) is 0 Å². The second kappa shape index (κ2) is 2.85. The van der Waals surface area contributed by atoms with Crippen LogP contribution in [0.3, 0.4) is 0 Å². The number of carbonyl (C=O) groups is 1. The number of imidazole rings is 1. The van der Waals surface area contributed by atoms with E-state index in [1.54, 1.807) is 41.2 Å². The topological polar surface area (TPSA) is 52.7 Å². The van der Waals surface area contributed by atoms with Crippen molar-refractivity contribution in [2.45, 2.75) is 0 Å². The zero-order valence-electron chi connectivity index (χ0n) is 7.08. The van der Waals surface area contributed by atoms with Gasteiger partial charge in [0.25, 0.3) is 0 Å². The lowest BCUT2D eigenvalue weighted by molar-refractivity contribution is 0.112. The van der Waals surface area contributed by atoms with Gasteiger partial charge in [-0.1, -0.05) is 0 Å². The molecule has 0 bridgehead atoms. The van der Waals surface area contributed by atoms with Gasteiger partial charge in [0.1, 0.15) is 6.33 Å². The third-order valence-corrected chi connectivity index (χ3v) is 1.71. The molecule has 0 spiro atoms. The molecule has 0 N–H and O–H groups in total. The van der Waals surface area contributed by atoms with Gasteiger partial charge in [0.2, 0.25) is 0 Å². The third kappa shape index (κ3) is 1.24. The number of hydrogen-bond donors (Lipinski definition) is 0. The minimum absolute atomic E-state index is 0.556. The number of nitrogens with zero attached hydrogens (tertiary/aromatic N) is 4. The minimum atomic E-state index is 0.556. The summed E-state index contributed by atoms with van der Waals surface area (Å²) < 4.78 is 3.29. The number of aldehydes is 1. The molecule has 2 heterocycles. The van der Waals surface area contributed by atoms with Gasteiger partial charge in [-0.05, 0) is 0 Å². The van der Waals surface area contributed by atoms with Crippen molar-refractivity contribution in [2.24, 2.45) is 7.05 Å². The Kier molecular flexibility index (Phi) is 1.70. The van der Waals surface area contributed by atoms with Gasteiger partial charge in [0.15, 0.2) is 12.1 Å². The number of hydrogen-bond acceptors (Lipinski definition) is 3. The number of aryl methyl sites for hydroxylation is 1. The molecule has 66 valence electrons. The first kappa shape index (κ1) is 7.72. The maximum absolute atomic E-state index is 10.6. The molecule has 13 heavy (non-hydrogen) atoms. The average Bonchev–Trinajstić information content (AvgIpc) is 2.71. The fourth-order valence-electron chi connectivity index (χ4n) is 1.16. The van der Waals surface area contributed by atoms with Crippen LogP contribution in [-0.2, 0) is 7.05 Å². The van der Waals surface area contributed by atoms with Crippen LogP contribution >= 0.6 is 0 Å². The fourth-order valence-corrected chi connectivity index (χ4v) is 1.16. The van der Waals surface area contributed by atoms with E-state index < -0.39 is 0 Å². The Hall–Kier alpha value is -1.91. The van der Waals surface area contributed by atoms with Crippen molar-refractivity contribution in [1.82, 2.24) is 19.3 Å². The van der Waals surface area contributed by atoms with Crippen LogP contribution in [0.2, 0.25) is 0 Å². The van der Waals surface area contributed by atoms with Crippen LogP contribution in [0.25, 0.3) is 5.82 Å². The Morgan fingerprint density at radius 3 is 3.00 bits per heavy atom. The van der Waals surface area contributed by atoms with Gasteiger partial charge in [0, 0.05) is 25.6 Å². The van der Waals surface area contributed by atoms with Gasteiger partial charge in [-0.3, -0.25) is 14.0 Å². The summed E-state index contributed by atoms with van der Waals surface area (Å²) in [6.45, 7) is 0. The van der Waals surface area contributed by atoms with Gasteiger partial charge < -0.3 is 0 Å². The summed E-state index contributed by atoms with van der Waals surface area (Å²) in [6, 6.07) is 0. The Bertz CT molecular complexity index is 415. The van der Waals surface area contributed by atoms with Crippen LogP contribution in [-0.4, -0.2) is 25.6 Å². The van der Waals surface area contributed by atoms with E-state index in [-0.39, 0.29) is 0 Å². The van der Waals surface area contributed by atoms with Crippen LogP contribution < -0.4 is 0 Å². The smallest absolute Gasteiger partial charge is 0.170 e. The van der Waals surface area contributed by atoms with Gasteiger partial charge in [-0.25, -0.2) is 4.98 Å². The summed E-state index contributed by atoms with van der Waals surface area (Å²) in [7, 11) is 1.77. The SMILES string of the molecule is Cn1cc(C=O)c(-n2ccnc2)n1. The van der Waals surface area contributed by atoms with E-state index in [1.807, 2.05) is 0 Å². The maximum atomic E-state index is 10.6. The van der Waals surface area contributed by atoms with Crippen molar-refractivity contribution in [3.63, 3.8) is 0 Å². The highest BCUT2D eigenvalue weighted by atomic mass is 16.1. The molecule has 0 fully saturated rings. The number of rotatable bonds is 2. The zero-order chi connectivity index (χ0) is 9.26. The Balaban J connectivity index is 2.56. The van der Waals surface area contributed by atoms with Crippen molar-refractivity contribution in [2.75, 3.05) is 0 Å². The van der Waals surface area contributed by atoms with Crippen molar-refractivity contribution in [3.05, 3.63) is 30.5 Å². The largest absolute Gasteiger partial charge is 0.298 e. The fraction of sp³-hybridized carbons (Fsp3) is 0.125. The van der Waals surface area contributed by atoms with E-state index in [0.717, 1.165) is 6.29 Å². The van der Waals surface area contributed by atoms with Crippen molar-refractivity contribution in [1.29, 1.82) is 0 Å². The van der Waals surface area contributed by atoms with Crippen molar-refractivity contribution < 1.29 is 4.79 Å². The molecule has 5 nitrogen and oxygen atoms in total. The minimum Gasteiger partial charge on any atom is -0.298 e. The Labute approximate surface area is 74.6 Å². The lowest BCUT2D eigenvalue weighted by Crippen LogP contribution is -1.96. The highest BCUT2D eigenvalue weighted by Gasteiger charge is 2.07. The van der Waals surface area contributed by atoms with Crippen LogP contribution in [0.5, 0.6) is 0 Å². The molecule has 0 aliphatic rings. The molecule has 0 aliphatic heterocycles. The average molecular weight is 176 g/mol. The summed E-state index contributed by atoms with van der Waals surface area (Å²) in [5, 5.41) is 4.13. The van der Waals surface area contributed by atoms with Crippen molar-refractivity contribution >= 4 is 6.29 Å². The first-order valence-electron chi connectivity index (χ1n) is 3.78.